The van der Waals surface area contributed by atoms with Gasteiger partial charge >= 0.3 is 0 Å². The SMILES string of the molecule is CCOc1cccc(Cc2noc(C3(CF)CCC3)n2)n1. The number of ether oxygens (including phenoxy) is 1. The van der Waals surface area contributed by atoms with Crippen LogP contribution in [0.1, 0.15) is 43.6 Å². The number of pyridine rings is 1. The molecule has 6 heteroatoms. The summed E-state index contributed by atoms with van der Waals surface area (Å²) < 4.78 is 23.8. The molecular weight excluding hydrogens is 273 g/mol. The molecule has 1 aliphatic carbocycles. The van der Waals surface area contributed by atoms with Gasteiger partial charge in [-0.2, -0.15) is 4.98 Å². The maximum atomic E-state index is 13.2. The molecule has 0 saturated heterocycles. The maximum Gasteiger partial charge on any atom is 0.235 e. The van der Waals surface area contributed by atoms with Crippen LogP contribution in [0.3, 0.4) is 0 Å². The number of hydrogen-bond donors (Lipinski definition) is 0. The smallest absolute Gasteiger partial charge is 0.235 e. The van der Waals surface area contributed by atoms with Gasteiger partial charge in [0.1, 0.15) is 6.67 Å². The van der Waals surface area contributed by atoms with Crippen molar-refractivity contribution in [3.8, 4) is 5.88 Å². The van der Waals surface area contributed by atoms with E-state index in [9.17, 15) is 4.39 Å². The summed E-state index contributed by atoms with van der Waals surface area (Å²) in [6, 6.07) is 5.57. The summed E-state index contributed by atoms with van der Waals surface area (Å²) in [4.78, 5) is 8.71. The van der Waals surface area contributed by atoms with Crippen LogP contribution in [0.15, 0.2) is 22.7 Å². The molecule has 1 saturated carbocycles. The summed E-state index contributed by atoms with van der Waals surface area (Å²) in [7, 11) is 0. The molecule has 1 aliphatic rings. The predicted molar refractivity (Wildman–Crippen MR) is 74.0 cm³/mol. The zero-order valence-electron chi connectivity index (χ0n) is 12.0. The van der Waals surface area contributed by atoms with Gasteiger partial charge in [0.2, 0.25) is 11.8 Å². The van der Waals surface area contributed by atoms with Gasteiger partial charge in [0.25, 0.3) is 0 Å². The van der Waals surface area contributed by atoms with E-state index in [-0.39, 0.29) is 0 Å². The van der Waals surface area contributed by atoms with E-state index in [0.717, 1.165) is 25.0 Å². The van der Waals surface area contributed by atoms with Crippen LogP contribution in [-0.4, -0.2) is 28.4 Å². The van der Waals surface area contributed by atoms with Crippen molar-refractivity contribution in [3.63, 3.8) is 0 Å². The van der Waals surface area contributed by atoms with Crippen molar-refractivity contribution >= 4 is 0 Å². The molecule has 0 radical (unpaired) electrons. The number of alkyl halides is 1. The molecule has 0 spiro atoms. The average molecular weight is 291 g/mol. The predicted octanol–water partition coefficient (Wildman–Crippen LogP) is 2.85. The zero-order valence-corrected chi connectivity index (χ0v) is 12.0. The summed E-state index contributed by atoms with van der Waals surface area (Å²) in [6.07, 6.45) is 3.03. The fourth-order valence-electron chi connectivity index (χ4n) is 2.50. The standard InChI is InChI=1S/C15H18FN3O2/c1-2-20-13-6-3-5-11(17-13)9-12-18-14(21-19-12)15(10-16)7-4-8-15/h3,5-6H,2,4,7-10H2,1H3. The molecule has 2 aromatic rings. The number of rotatable bonds is 6. The highest BCUT2D eigenvalue weighted by molar-refractivity contribution is 5.19. The van der Waals surface area contributed by atoms with Crippen LogP contribution in [0.5, 0.6) is 5.88 Å². The molecule has 1 fully saturated rings. The molecule has 0 N–H and O–H groups in total. The average Bonchev–Trinajstić information content (AvgIpc) is 2.88. The number of aromatic nitrogens is 3. The Morgan fingerprint density at radius 2 is 2.19 bits per heavy atom. The van der Waals surface area contributed by atoms with Crippen molar-refractivity contribution in [2.75, 3.05) is 13.3 Å². The molecular formula is C15H18FN3O2. The van der Waals surface area contributed by atoms with E-state index in [0.29, 0.717) is 30.6 Å². The van der Waals surface area contributed by atoms with Crippen LogP contribution < -0.4 is 4.74 Å². The second kappa shape index (κ2) is 5.79. The molecule has 0 bridgehead atoms. The second-order valence-corrected chi connectivity index (χ2v) is 5.36. The summed E-state index contributed by atoms with van der Waals surface area (Å²) in [5.41, 5.74) is 0.266. The van der Waals surface area contributed by atoms with E-state index in [1.54, 1.807) is 6.07 Å². The molecule has 0 amide bonds. The van der Waals surface area contributed by atoms with Crippen LogP contribution >= 0.6 is 0 Å². The minimum atomic E-state index is -0.536. The second-order valence-electron chi connectivity index (χ2n) is 5.36. The minimum Gasteiger partial charge on any atom is -0.478 e. The van der Waals surface area contributed by atoms with Crippen molar-refractivity contribution in [1.29, 1.82) is 0 Å². The van der Waals surface area contributed by atoms with Crippen molar-refractivity contribution in [2.24, 2.45) is 0 Å². The van der Waals surface area contributed by atoms with Gasteiger partial charge in [-0.05, 0) is 25.8 Å². The van der Waals surface area contributed by atoms with E-state index < -0.39 is 12.1 Å². The highest BCUT2D eigenvalue weighted by Crippen LogP contribution is 2.43. The van der Waals surface area contributed by atoms with Gasteiger partial charge in [0.15, 0.2) is 5.82 Å². The fourth-order valence-corrected chi connectivity index (χ4v) is 2.50. The van der Waals surface area contributed by atoms with Crippen LogP contribution in [0.2, 0.25) is 0 Å². The first kappa shape index (κ1) is 14.0. The highest BCUT2D eigenvalue weighted by Gasteiger charge is 2.44. The largest absolute Gasteiger partial charge is 0.478 e. The van der Waals surface area contributed by atoms with E-state index in [1.807, 2.05) is 19.1 Å². The monoisotopic (exact) mass is 291 g/mol. The van der Waals surface area contributed by atoms with Crippen LogP contribution in [0.25, 0.3) is 0 Å². The molecule has 2 heterocycles. The van der Waals surface area contributed by atoms with Gasteiger partial charge in [-0.1, -0.05) is 17.6 Å². The Bertz CT molecular complexity index is 605. The van der Waals surface area contributed by atoms with Gasteiger partial charge in [0, 0.05) is 6.07 Å². The summed E-state index contributed by atoms with van der Waals surface area (Å²) in [5, 5.41) is 3.95. The Labute approximate surface area is 122 Å². The summed E-state index contributed by atoms with van der Waals surface area (Å²) >= 11 is 0. The quantitative estimate of drug-likeness (QED) is 0.819. The molecule has 2 aromatic heterocycles. The molecule has 112 valence electrons. The molecule has 5 nitrogen and oxygen atoms in total. The van der Waals surface area contributed by atoms with E-state index in [4.69, 9.17) is 9.26 Å². The van der Waals surface area contributed by atoms with Crippen molar-refractivity contribution < 1.29 is 13.7 Å². The third kappa shape index (κ3) is 2.75. The molecule has 21 heavy (non-hydrogen) atoms. The zero-order chi connectivity index (χ0) is 14.7. The van der Waals surface area contributed by atoms with Crippen LogP contribution in [-0.2, 0) is 11.8 Å². The number of hydrogen-bond acceptors (Lipinski definition) is 5. The molecule has 3 rings (SSSR count). The van der Waals surface area contributed by atoms with Gasteiger partial charge < -0.3 is 9.26 Å². The van der Waals surface area contributed by atoms with Gasteiger partial charge in [-0.25, -0.2) is 9.37 Å². The Kier molecular flexibility index (Phi) is 3.86. The molecule has 0 unspecified atom stereocenters. The normalized spacial score (nSPS) is 16.5. The summed E-state index contributed by atoms with van der Waals surface area (Å²) in [6.45, 7) is 2.05. The Hall–Kier alpha value is -1.98. The molecule has 0 atom stereocenters. The number of halogens is 1. The van der Waals surface area contributed by atoms with Gasteiger partial charge in [-0.15, -0.1) is 0 Å². The minimum absolute atomic E-state index is 0.423. The summed E-state index contributed by atoms with van der Waals surface area (Å²) in [5.74, 6) is 1.54. The number of nitrogens with zero attached hydrogens (tertiary/aromatic N) is 3. The lowest BCUT2D eigenvalue weighted by Crippen LogP contribution is -2.36. The van der Waals surface area contributed by atoms with Gasteiger partial charge in [0.05, 0.1) is 24.1 Å². The third-order valence-electron chi connectivity index (χ3n) is 3.90. The highest BCUT2D eigenvalue weighted by atomic mass is 19.1. The lowest BCUT2D eigenvalue weighted by atomic mass is 9.70. The fraction of sp³-hybridized carbons (Fsp3) is 0.533. The first-order valence-corrected chi connectivity index (χ1v) is 7.23. The molecule has 0 aromatic carbocycles. The van der Waals surface area contributed by atoms with Crippen molar-refractivity contribution in [3.05, 3.63) is 35.6 Å². The third-order valence-corrected chi connectivity index (χ3v) is 3.90. The lowest BCUT2D eigenvalue weighted by Gasteiger charge is -2.35. The van der Waals surface area contributed by atoms with E-state index >= 15 is 0 Å². The van der Waals surface area contributed by atoms with E-state index in [2.05, 4.69) is 15.1 Å². The van der Waals surface area contributed by atoms with Crippen LogP contribution in [0, 0.1) is 0 Å². The molecule has 0 aliphatic heterocycles. The Morgan fingerprint density at radius 1 is 1.33 bits per heavy atom. The van der Waals surface area contributed by atoms with E-state index in [1.165, 1.54) is 0 Å². The first-order valence-electron chi connectivity index (χ1n) is 7.23. The van der Waals surface area contributed by atoms with Crippen LogP contribution in [0.4, 0.5) is 4.39 Å². The lowest BCUT2D eigenvalue weighted by molar-refractivity contribution is 0.134. The Balaban J connectivity index is 1.74. The van der Waals surface area contributed by atoms with Gasteiger partial charge in [-0.3, -0.25) is 0 Å². The topological polar surface area (TPSA) is 61.0 Å². The maximum absolute atomic E-state index is 13.2. The first-order chi connectivity index (χ1) is 10.3. The van der Waals surface area contributed by atoms with Crippen molar-refractivity contribution in [2.45, 2.75) is 38.0 Å². The van der Waals surface area contributed by atoms with Crippen molar-refractivity contribution in [1.82, 2.24) is 15.1 Å². The Morgan fingerprint density at radius 3 is 2.86 bits per heavy atom.